The summed E-state index contributed by atoms with van der Waals surface area (Å²) < 4.78 is 6.57. The average molecular weight is 338 g/mol. The second kappa shape index (κ2) is 8.81. The van der Waals surface area contributed by atoms with Crippen molar-refractivity contribution in [3.8, 4) is 6.07 Å². The van der Waals surface area contributed by atoms with Crippen LogP contribution in [0, 0.1) is 11.3 Å². The largest absolute Gasteiger partial charge is 0.480 e. The van der Waals surface area contributed by atoms with E-state index in [1.807, 2.05) is 6.07 Å². The van der Waals surface area contributed by atoms with Crippen LogP contribution in [0.25, 0.3) is 0 Å². The van der Waals surface area contributed by atoms with Gasteiger partial charge in [-0.05, 0) is 44.0 Å². The van der Waals surface area contributed by atoms with E-state index in [9.17, 15) is 14.7 Å². The van der Waals surface area contributed by atoms with Crippen LogP contribution in [0.2, 0.25) is 0 Å². The maximum Gasteiger partial charge on any atom is 0.408 e. The van der Waals surface area contributed by atoms with Crippen molar-refractivity contribution in [3.63, 3.8) is 0 Å². The number of carboxylic acid groups (broad SMARTS) is 1. The number of tetrazole rings is 1. The lowest BCUT2D eigenvalue weighted by Crippen LogP contribution is -2.43. The number of carbonyl (C=O) groups is 2. The Bertz CT molecular complexity index is 601. The molecule has 0 aliphatic heterocycles. The molecule has 0 aliphatic carbocycles. The van der Waals surface area contributed by atoms with Gasteiger partial charge in [0.05, 0.1) is 19.0 Å². The van der Waals surface area contributed by atoms with E-state index >= 15 is 0 Å². The van der Waals surface area contributed by atoms with Gasteiger partial charge in [0.2, 0.25) is 0 Å². The van der Waals surface area contributed by atoms with Crippen molar-refractivity contribution in [2.24, 2.45) is 0 Å². The third-order valence-corrected chi connectivity index (χ3v) is 2.92. The highest BCUT2D eigenvalue weighted by Gasteiger charge is 2.23. The van der Waals surface area contributed by atoms with E-state index in [0.29, 0.717) is 25.2 Å². The number of amides is 1. The minimum absolute atomic E-state index is 0.208. The van der Waals surface area contributed by atoms with E-state index in [1.165, 1.54) is 4.68 Å². The van der Waals surface area contributed by atoms with Crippen LogP contribution in [0.5, 0.6) is 0 Å². The Morgan fingerprint density at radius 1 is 1.46 bits per heavy atom. The monoisotopic (exact) mass is 338 g/mol. The highest BCUT2D eigenvalue weighted by atomic mass is 16.6. The van der Waals surface area contributed by atoms with E-state index < -0.39 is 23.7 Å². The number of aryl methyl sites for hydroxylation is 2. The number of rotatable bonds is 8. The Morgan fingerprint density at radius 3 is 2.75 bits per heavy atom. The molecule has 0 unspecified atom stereocenters. The zero-order valence-electron chi connectivity index (χ0n) is 14.0. The minimum atomic E-state index is -1.13. The molecule has 1 amide bonds. The fourth-order valence-electron chi connectivity index (χ4n) is 1.90. The number of alkyl carbamates (subject to hydrolysis) is 1. The summed E-state index contributed by atoms with van der Waals surface area (Å²) in [5.41, 5.74) is -0.698. The number of carbonyl (C=O) groups excluding carboxylic acids is 1. The summed E-state index contributed by atoms with van der Waals surface area (Å²) >= 11 is 0. The molecule has 1 atom stereocenters. The summed E-state index contributed by atoms with van der Waals surface area (Å²) in [5.74, 6) is -0.559. The number of aromatic nitrogens is 4. The van der Waals surface area contributed by atoms with E-state index in [-0.39, 0.29) is 12.8 Å². The van der Waals surface area contributed by atoms with Gasteiger partial charge in [0.25, 0.3) is 0 Å². The van der Waals surface area contributed by atoms with Crippen LogP contribution in [0.4, 0.5) is 4.79 Å². The van der Waals surface area contributed by atoms with Crippen molar-refractivity contribution in [1.29, 1.82) is 5.26 Å². The van der Waals surface area contributed by atoms with Crippen LogP contribution in [-0.4, -0.2) is 49.0 Å². The molecule has 1 aromatic rings. The molecule has 1 heterocycles. The van der Waals surface area contributed by atoms with Crippen LogP contribution in [0.1, 0.15) is 45.9 Å². The van der Waals surface area contributed by atoms with E-state index in [2.05, 4.69) is 20.8 Å². The molecule has 0 saturated heterocycles. The van der Waals surface area contributed by atoms with Gasteiger partial charge in [-0.15, -0.1) is 5.10 Å². The predicted molar refractivity (Wildman–Crippen MR) is 81.8 cm³/mol. The third kappa shape index (κ3) is 7.04. The zero-order chi connectivity index (χ0) is 18.2. The lowest BCUT2D eigenvalue weighted by Gasteiger charge is -2.21. The van der Waals surface area contributed by atoms with Gasteiger partial charge in [-0.1, -0.05) is 0 Å². The number of hydrogen-bond donors (Lipinski definition) is 2. The molecule has 0 spiro atoms. The van der Waals surface area contributed by atoms with E-state index in [1.54, 1.807) is 20.8 Å². The standard InChI is InChI=1S/C14H22N6O4/c1-14(2,3)24-13(23)16-10(12(21)22)6-4-7-11-17-18-19-20(11)9-5-8-15/h10H,4-7,9H2,1-3H3,(H,16,23)(H,21,22)/t10-/m0/s1. The normalized spacial score (nSPS) is 12.2. The molecule has 1 rings (SSSR count). The average Bonchev–Trinajstić information content (AvgIpc) is 2.89. The molecule has 24 heavy (non-hydrogen) atoms. The number of nitrogens with one attached hydrogen (secondary N) is 1. The van der Waals surface area contributed by atoms with Crippen molar-refractivity contribution in [1.82, 2.24) is 25.5 Å². The van der Waals surface area contributed by atoms with Gasteiger partial charge in [0.15, 0.2) is 5.82 Å². The molecule has 132 valence electrons. The predicted octanol–water partition coefficient (Wildman–Crippen LogP) is 0.887. The number of aliphatic carboxylic acids is 1. The van der Waals surface area contributed by atoms with E-state index in [4.69, 9.17) is 10.00 Å². The molecule has 0 saturated carbocycles. The fraction of sp³-hybridized carbons (Fsp3) is 0.714. The smallest absolute Gasteiger partial charge is 0.408 e. The molecular weight excluding hydrogens is 316 g/mol. The van der Waals surface area contributed by atoms with Gasteiger partial charge in [-0.2, -0.15) is 5.26 Å². The molecule has 0 aliphatic rings. The Labute approximate surface area is 139 Å². The molecule has 10 heteroatoms. The van der Waals surface area contributed by atoms with Crippen molar-refractivity contribution in [2.45, 2.75) is 64.6 Å². The summed E-state index contributed by atoms with van der Waals surface area (Å²) in [7, 11) is 0. The molecule has 2 N–H and O–H groups in total. The second-order valence-corrected chi connectivity index (χ2v) is 6.16. The fourth-order valence-corrected chi connectivity index (χ4v) is 1.90. The Hall–Kier alpha value is -2.70. The molecule has 10 nitrogen and oxygen atoms in total. The van der Waals surface area contributed by atoms with Crippen LogP contribution in [-0.2, 0) is 22.5 Å². The highest BCUT2D eigenvalue weighted by Crippen LogP contribution is 2.09. The number of nitrogens with zero attached hydrogens (tertiary/aromatic N) is 5. The number of hydrogen-bond acceptors (Lipinski definition) is 7. The van der Waals surface area contributed by atoms with Crippen LogP contribution < -0.4 is 5.32 Å². The number of carboxylic acids is 1. The van der Waals surface area contributed by atoms with Gasteiger partial charge < -0.3 is 15.2 Å². The van der Waals surface area contributed by atoms with Crippen LogP contribution >= 0.6 is 0 Å². The van der Waals surface area contributed by atoms with Gasteiger partial charge >= 0.3 is 12.1 Å². The SMILES string of the molecule is CC(C)(C)OC(=O)N[C@@H](CCCc1nnnn1CCC#N)C(=O)O. The van der Waals surface area contributed by atoms with Crippen LogP contribution in [0.15, 0.2) is 0 Å². The highest BCUT2D eigenvalue weighted by molar-refractivity contribution is 5.79. The van der Waals surface area contributed by atoms with E-state index in [0.717, 1.165) is 0 Å². The van der Waals surface area contributed by atoms with Gasteiger partial charge in [-0.3, -0.25) is 0 Å². The van der Waals surface area contributed by atoms with Gasteiger partial charge in [0, 0.05) is 6.42 Å². The van der Waals surface area contributed by atoms with Crippen molar-refractivity contribution < 1.29 is 19.4 Å². The summed E-state index contributed by atoms with van der Waals surface area (Å²) in [6.45, 7) is 5.48. The Morgan fingerprint density at radius 2 is 2.17 bits per heavy atom. The van der Waals surface area contributed by atoms with Gasteiger partial charge in [0.1, 0.15) is 11.6 Å². The van der Waals surface area contributed by atoms with Gasteiger partial charge in [-0.25, -0.2) is 14.3 Å². The number of nitriles is 1. The Kier molecular flexibility index (Phi) is 7.10. The molecule has 0 fully saturated rings. The summed E-state index contributed by atoms with van der Waals surface area (Å²) in [6.07, 6.45) is 0.627. The summed E-state index contributed by atoms with van der Waals surface area (Å²) in [6, 6.07) is 0.955. The summed E-state index contributed by atoms with van der Waals surface area (Å²) in [4.78, 5) is 22.9. The quantitative estimate of drug-likeness (QED) is 0.711. The maximum atomic E-state index is 11.7. The topological polar surface area (TPSA) is 143 Å². The van der Waals surface area contributed by atoms with Crippen LogP contribution in [0.3, 0.4) is 0 Å². The van der Waals surface area contributed by atoms with Crippen molar-refractivity contribution in [3.05, 3.63) is 5.82 Å². The second-order valence-electron chi connectivity index (χ2n) is 6.16. The molecular formula is C14H22N6O4. The van der Waals surface area contributed by atoms with Crippen molar-refractivity contribution >= 4 is 12.1 Å². The lowest BCUT2D eigenvalue weighted by atomic mass is 10.1. The number of ether oxygens (including phenoxy) is 1. The molecule has 1 aromatic heterocycles. The first-order valence-corrected chi connectivity index (χ1v) is 7.57. The van der Waals surface area contributed by atoms with Crippen molar-refractivity contribution in [2.75, 3.05) is 0 Å². The maximum absolute atomic E-state index is 11.7. The molecule has 0 radical (unpaired) electrons. The minimum Gasteiger partial charge on any atom is -0.480 e. The first-order chi connectivity index (χ1) is 11.2. The first-order valence-electron chi connectivity index (χ1n) is 7.57. The molecule has 0 bridgehead atoms. The Balaban J connectivity index is 2.50. The summed E-state index contributed by atoms with van der Waals surface area (Å²) in [5, 5.41) is 31.3. The molecule has 0 aromatic carbocycles. The lowest BCUT2D eigenvalue weighted by molar-refractivity contribution is -0.139. The zero-order valence-corrected chi connectivity index (χ0v) is 14.0. The third-order valence-electron chi connectivity index (χ3n) is 2.92. The first kappa shape index (κ1) is 19.3.